The molecule has 1 rings (SSSR count). The second-order valence-corrected chi connectivity index (χ2v) is 7.34. The minimum Gasteiger partial charge on any atom is -0.300 e. The Morgan fingerprint density at radius 3 is 1.78 bits per heavy atom. The molecule has 1 heterocycles. The summed E-state index contributed by atoms with van der Waals surface area (Å²) in [5.74, 6) is 0. The van der Waals surface area contributed by atoms with E-state index in [1.165, 1.54) is 45.6 Å². The van der Waals surface area contributed by atoms with Crippen LogP contribution in [0.25, 0.3) is 0 Å². The van der Waals surface area contributed by atoms with Gasteiger partial charge in [-0.3, -0.25) is 4.90 Å². The first-order chi connectivity index (χ1) is 8.37. The number of nitrogens with zero attached hydrogens (tertiary/aromatic N) is 2. The molecule has 18 heavy (non-hydrogen) atoms. The predicted octanol–water partition coefficient (Wildman–Crippen LogP) is 3.60. The molecule has 108 valence electrons. The van der Waals surface area contributed by atoms with Crippen molar-refractivity contribution in [3.8, 4) is 0 Å². The Balaban J connectivity index is 2.48. The number of halogens is 1. The van der Waals surface area contributed by atoms with Crippen molar-refractivity contribution in [1.29, 1.82) is 0 Å². The molecular formula is C15H31BrN2. The Morgan fingerprint density at radius 2 is 1.44 bits per heavy atom. The number of hydrogen-bond acceptors (Lipinski definition) is 2. The maximum atomic E-state index is 3.73. The summed E-state index contributed by atoms with van der Waals surface area (Å²) in [7, 11) is 0. The Morgan fingerprint density at radius 1 is 0.944 bits per heavy atom. The van der Waals surface area contributed by atoms with Gasteiger partial charge in [-0.05, 0) is 39.0 Å². The van der Waals surface area contributed by atoms with Crippen molar-refractivity contribution in [2.24, 2.45) is 5.41 Å². The smallest absolute Gasteiger partial charge is 0.0126 e. The van der Waals surface area contributed by atoms with Gasteiger partial charge in [-0.2, -0.15) is 0 Å². The standard InChI is InChI=1S/C15H31BrN2/c1-6-15(7-2,12-16)13-17-8-10-18(11-9-17)14(3,4)5/h6-13H2,1-5H3. The molecule has 0 bridgehead atoms. The molecule has 0 unspecified atom stereocenters. The fraction of sp³-hybridized carbons (Fsp3) is 1.00. The zero-order chi connectivity index (χ0) is 13.8. The van der Waals surface area contributed by atoms with Crippen molar-refractivity contribution >= 4 is 15.9 Å². The lowest BCUT2D eigenvalue weighted by atomic mass is 9.84. The molecule has 1 saturated heterocycles. The second kappa shape index (κ2) is 6.71. The first-order valence-electron chi connectivity index (χ1n) is 7.40. The summed E-state index contributed by atoms with van der Waals surface area (Å²) >= 11 is 3.73. The highest BCUT2D eigenvalue weighted by molar-refractivity contribution is 9.09. The number of piperazine rings is 1. The molecule has 0 aromatic rings. The summed E-state index contributed by atoms with van der Waals surface area (Å²) in [6.45, 7) is 17.8. The van der Waals surface area contributed by atoms with E-state index >= 15 is 0 Å². The van der Waals surface area contributed by atoms with Crippen molar-refractivity contribution in [1.82, 2.24) is 9.80 Å². The third-order valence-electron chi connectivity index (χ3n) is 4.66. The molecule has 1 aliphatic heterocycles. The highest BCUT2D eigenvalue weighted by Gasteiger charge is 2.31. The molecule has 2 nitrogen and oxygen atoms in total. The van der Waals surface area contributed by atoms with Crippen LogP contribution in [0.2, 0.25) is 0 Å². The highest BCUT2D eigenvalue weighted by atomic mass is 79.9. The van der Waals surface area contributed by atoms with E-state index in [0.717, 1.165) is 5.33 Å². The molecule has 0 N–H and O–H groups in total. The van der Waals surface area contributed by atoms with Gasteiger partial charge in [0, 0.05) is 43.6 Å². The Labute approximate surface area is 122 Å². The van der Waals surface area contributed by atoms with E-state index in [-0.39, 0.29) is 0 Å². The average molecular weight is 319 g/mol. The largest absolute Gasteiger partial charge is 0.300 e. The van der Waals surface area contributed by atoms with Crippen molar-refractivity contribution < 1.29 is 0 Å². The van der Waals surface area contributed by atoms with Crippen LogP contribution in [0.5, 0.6) is 0 Å². The molecule has 0 amide bonds. The zero-order valence-corrected chi connectivity index (χ0v) is 14.5. The van der Waals surface area contributed by atoms with Crippen LogP contribution < -0.4 is 0 Å². The van der Waals surface area contributed by atoms with Crippen LogP contribution in [0.15, 0.2) is 0 Å². The molecule has 0 saturated carbocycles. The molecule has 0 aromatic carbocycles. The van der Waals surface area contributed by atoms with Gasteiger partial charge in [0.05, 0.1) is 0 Å². The number of alkyl halides is 1. The number of hydrogen-bond donors (Lipinski definition) is 0. The van der Waals surface area contributed by atoms with Gasteiger partial charge in [0.2, 0.25) is 0 Å². The van der Waals surface area contributed by atoms with Crippen LogP contribution in [-0.4, -0.2) is 53.4 Å². The van der Waals surface area contributed by atoms with Crippen LogP contribution >= 0.6 is 15.9 Å². The fourth-order valence-electron chi connectivity index (χ4n) is 2.76. The minimum absolute atomic E-state index is 0.327. The third kappa shape index (κ3) is 4.21. The summed E-state index contributed by atoms with van der Waals surface area (Å²) in [6, 6.07) is 0. The molecular weight excluding hydrogens is 288 g/mol. The average Bonchev–Trinajstić information content (AvgIpc) is 2.36. The zero-order valence-electron chi connectivity index (χ0n) is 12.9. The predicted molar refractivity (Wildman–Crippen MR) is 84.6 cm³/mol. The fourth-order valence-corrected chi connectivity index (χ4v) is 3.73. The van der Waals surface area contributed by atoms with Gasteiger partial charge in [-0.15, -0.1) is 0 Å². The van der Waals surface area contributed by atoms with E-state index in [1.807, 2.05) is 0 Å². The van der Waals surface area contributed by atoms with Crippen molar-refractivity contribution in [2.75, 3.05) is 38.1 Å². The van der Waals surface area contributed by atoms with Crippen LogP contribution in [0.4, 0.5) is 0 Å². The van der Waals surface area contributed by atoms with E-state index in [2.05, 4.69) is 60.3 Å². The van der Waals surface area contributed by atoms with Crippen molar-refractivity contribution in [2.45, 2.75) is 53.0 Å². The second-order valence-electron chi connectivity index (χ2n) is 6.77. The van der Waals surface area contributed by atoms with Crippen LogP contribution in [0.3, 0.4) is 0 Å². The lowest BCUT2D eigenvalue weighted by Gasteiger charge is -2.45. The minimum atomic E-state index is 0.327. The SMILES string of the molecule is CCC(CC)(CBr)CN1CCN(C(C)(C)C)CC1. The van der Waals surface area contributed by atoms with Crippen LogP contribution in [0, 0.1) is 5.41 Å². The lowest BCUT2D eigenvalue weighted by Crippen LogP contribution is -2.55. The van der Waals surface area contributed by atoms with Gasteiger partial charge in [0.15, 0.2) is 0 Å². The van der Waals surface area contributed by atoms with E-state index in [4.69, 9.17) is 0 Å². The van der Waals surface area contributed by atoms with Gasteiger partial charge in [0.25, 0.3) is 0 Å². The van der Waals surface area contributed by atoms with Gasteiger partial charge >= 0.3 is 0 Å². The summed E-state index contributed by atoms with van der Waals surface area (Å²) < 4.78 is 0. The van der Waals surface area contributed by atoms with Gasteiger partial charge in [-0.1, -0.05) is 29.8 Å². The number of rotatable bonds is 5. The van der Waals surface area contributed by atoms with Gasteiger partial charge < -0.3 is 4.90 Å². The van der Waals surface area contributed by atoms with E-state index < -0.39 is 0 Å². The molecule has 0 spiro atoms. The summed E-state index contributed by atoms with van der Waals surface area (Å²) in [4.78, 5) is 5.27. The summed E-state index contributed by atoms with van der Waals surface area (Å²) in [5.41, 5.74) is 0.804. The lowest BCUT2D eigenvalue weighted by molar-refractivity contribution is 0.0420. The molecule has 1 fully saturated rings. The van der Waals surface area contributed by atoms with Gasteiger partial charge in [-0.25, -0.2) is 0 Å². The van der Waals surface area contributed by atoms with Crippen molar-refractivity contribution in [3.05, 3.63) is 0 Å². The Bertz CT molecular complexity index is 227. The molecule has 3 heteroatoms. The molecule has 0 aromatic heterocycles. The molecule has 0 radical (unpaired) electrons. The van der Waals surface area contributed by atoms with E-state index in [0.29, 0.717) is 11.0 Å². The van der Waals surface area contributed by atoms with Gasteiger partial charge in [0.1, 0.15) is 0 Å². The van der Waals surface area contributed by atoms with Crippen LogP contribution in [-0.2, 0) is 0 Å². The topological polar surface area (TPSA) is 6.48 Å². The summed E-state index contributed by atoms with van der Waals surface area (Å²) in [5, 5.41) is 1.13. The maximum absolute atomic E-state index is 3.73. The monoisotopic (exact) mass is 318 g/mol. The molecule has 0 atom stereocenters. The highest BCUT2D eigenvalue weighted by Crippen LogP contribution is 2.30. The third-order valence-corrected chi connectivity index (χ3v) is 5.85. The van der Waals surface area contributed by atoms with E-state index in [9.17, 15) is 0 Å². The van der Waals surface area contributed by atoms with E-state index in [1.54, 1.807) is 0 Å². The normalized spacial score (nSPS) is 20.3. The molecule has 1 aliphatic rings. The van der Waals surface area contributed by atoms with Crippen LogP contribution in [0.1, 0.15) is 47.5 Å². The van der Waals surface area contributed by atoms with Crippen molar-refractivity contribution in [3.63, 3.8) is 0 Å². The first kappa shape index (κ1) is 16.5. The Kier molecular flexibility index (Phi) is 6.14. The molecule has 0 aliphatic carbocycles. The quantitative estimate of drug-likeness (QED) is 0.714. The Hall–Kier alpha value is 0.400. The maximum Gasteiger partial charge on any atom is 0.0126 e. The first-order valence-corrected chi connectivity index (χ1v) is 8.52. The summed E-state index contributed by atoms with van der Waals surface area (Å²) in [6.07, 6.45) is 2.54.